The maximum atomic E-state index is 6.18. The Morgan fingerprint density at radius 2 is 1.63 bits per heavy atom. The smallest absolute Gasteiger partial charge is 0.119 e. The minimum Gasteiger partial charge on any atom is -0.490 e. The standard InChI is InChI=1S/C26H39N3O/c1-20(14-15-21(2)29(4)23-10-8-9-11-23)26(28-27-3)22-16-18-25(19-17-22)30-24-12-6-5-7-13-24/h16-19,23-24H,2,5-15H2,1,3-4H3/b26-20+,28-27-. The fraction of sp³-hybridized carbons (Fsp3) is 0.615. The van der Waals surface area contributed by atoms with Crippen LogP contribution in [0, 0.1) is 0 Å². The normalized spacial score (nSPS) is 19.2. The average Bonchev–Trinajstić information content (AvgIpc) is 3.31. The molecule has 0 amide bonds. The van der Waals surface area contributed by atoms with E-state index in [1.807, 2.05) is 0 Å². The van der Waals surface area contributed by atoms with Crippen LogP contribution in [0.2, 0.25) is 0 Å². The molecule has 2 aliphatic carbocycles. The Bertz CT molecular complexity index is 738. The third-order valence-electron chi connectivity index (χ3n) is 6.75. The molecule has 0 bridgehead atoms. The van der Waals surface area contributed by atoms with Crippen molar-refractivity contribution >= 4 is 5.70 Å². The highest BCUT2D eigenvalue weighted by molar-refractivity contribution is 5.67. The summed E-state index contributed by atoms with van der Waals surface area (Å²) < 4.78 is 6.18. The molecule has 30 heavy (non-hydrogen) atoms. The second kappa shape index (κ2) is 11.3. The molecule has 0 radical (unpaired) electrons. The highest BCUT2D eigenvalue weighted by atomic mass is 16.5. The number of allylic oxidation sites excluding steroid dienone is 2. The van der Waals surface area contributed by atoms with Crippen LogP contribution in [-0.2, 0) is 0 Å². The van der Waals surface area contributed by atoms with E-state index >= 15 is 0 Å². The van der Waals surface area contributed by atoms with Crippen molar-refractivity contribution in [1.29, 1.82) is 0 Å². The maximum absolute atomic E-state index is 6.18. The number of ether oxygens (including phenoxy) is 1. The van der Waals surface area contributed by atoms with Crippen molar-refractivity contribution in [3.05, 3.63) is 47.7 Å². The molecule has 164 valence electrons. The van der Waals surface area contributed by atoms with Crippen molar-refractivity contribution in [2.75, 3.05) is 14.1 Å². The summed E-state index contributed by atoms with van der Waals surface area (Å²) in [5.41, 5.74) is 4.55. The molecule has 0 atom stereocenters. The number of benzene rings is 1. The molecule has 0 N–H and O–H groups in total. The van der Waals surface area contributed by atoms with Crippen LogP contribution >= 0.6 is 0 Å². The maximum Gasteiger partial charge on any atom is 0.119 e. The fourth-order valence-electron chi connectivity index (χ4n) is 4.73. The summed E-state index contributed by atoms with van der Waals surface area (Å²) in [7, 11) is 3.94. The Morgan fingerprint density at radius 1 is 1.00 bits per heavy atom. The van der Waals surface area contributed by atoms with Gasteiger partial charge >= 0.3 is 0 Å². The lowest BCUT2D eigenvalue weighted by Crippen LogP contribution is -2.28. The van der Waals surface area contributed by atoms with Crippen LogP contribution in [0.15, 0.2) is 52.3 Å². The van der Waals surface area contributed by atoms with Crippen molar-refractivity contribution in [2.24, 2.45) is 10.2 Å². The van der Waals surface area contributed by atoms with Crippen LogP contribution < -0.4 is 4.74 Å². The second-order valence-corrected chi connectivity index (χ2v) is 8.95. The molecule has 4 heteroatoms. The molecule has 0 aromatic heterocycles. The molecule has 2 saturated carbocycles. The lowest BCUT2D eigenvalue weighted by atomic mass is 9.98. The van der Waals surface area contributed by atoms with E-state index in [0.29, 0.717) is 12.1 Å². The fourth-order valence-corrected chi connectivity index (χ4v) is 4.73. The molecule has 3 rings (SSSR count). The summed E-state index contributed by atoms with van der Waals surface area (Å²) in [4.78, 5) is 2.40. The third-order valence-corrected chi connectivity index (χ3v) is 6.75. The Balaban J connectivity index is 1.62. The minimum absolute atomic E-state index is 0.375. The zero-order valence-corrected chi connectivity index (χ0v) is 19.2. The van der Waals surface area contributed by atoms with Gasteiger partial charge in [-0.3, -0.25) is 0 Å². The van der Waals surface area contributed by atoms with Gasteiger partial charge in [0.15, 0.2) is 0 Å². The number of hydrogen-bond donors (Lipinski definition) is 0. The quantitative estimate of drug-likeness (QED) is 0.399. The molecule has 0 spiro atoms. The molecule has 0 unspecified atom stereocenters. The molecule has 4 nitrogen and oxygen atoms in total. The van der Waals surface area contributed by atoms with Gasteiger partial charge in [-0.1, -0.05) is 25.8 Å². The number of azo groups is 1. The summed E-state index contributed by atoms with van der Waals surface area (Å²) in [6, 6.07) is 9.06. The third kappa shape index (κ3) is 6.20. The monoisotopic (exact) mass is 409 g/mol. The second-order valence-electron chi connectivity index (χ2n) is 8.95. The average molecular weight is 410 g/mol. The first-order valence-electron chi connectivity index (χ1n) is 11.8. The van der Waals surface area contributed by atoms with Gasteiger partial charge < -0.3 is 9.64 Å². The van der Waals surface area contributed by atoms with E-state index in [2.05, 4.69) is 59.9 Å². The van der Waals surface area contributed by atoms with E-state index in [1.165, 1.54) is 69.1 Å². The van der Waals surface area contributed by atoms with Crippen LogP contribution in [0.3, 0.4) is 0 Å². The Labute approximate surface area is 183 Å². The van der Waals surface area contributed by atoms with E-state index in [9.17, 15) is 0 Å². The zero-order valence-electron chi connectivity index (χ0n) is 19.2. The molecule has 1 aromatic carbocycles. The summed E-state index contributed by atoms with van der Waals surface area (Å²) in [5.74, 6) is 0.961. The van der Waals surface area contributed by atoms with Gasteiger partial charge in [0, 0.05) is 31.4 Å². The largest absolute Gasteiger partial charge is 0.490 e. The lowest BCUT2D eigenvalue weighted by Gasteiger charge is -2.28. The molecule has 2 fully saturated rings. The van der Waals surface area contributed by atoms with Crippen molar-refractivity contribution in [2.45, 2.75) is 89.7 Å². The van der Waals surface area contributed by atoms with E-state index in [1.54, 1.807) is 7.05 Å². The molecule has 0 saturated heterocycles. The zero-order chi connectivity index (χ0) is 21.3. The SMILES string of the molecule is C=C(CC/C(C)=C(/N=N\C)c1ccc(OC2CCCCC2)cc1)N(C)C1CCCC1. The van der Waals surface area contributed by atoms with Crippen LogP contribution in [0.4, 0.5) is 0 Å². The van der Waals surface area contributed by atoms with Gasteiger partial charge in [0.25, 0.3) is 0 Å². The van der Waals surface area contributed by atoms with Crippen molar-refractivity contribution in [1.82, 2.24) is 4.90 Å². The van der Waals surface area contributed by atoms with Gasteiger partial charge in [0.2, 0.25) is 0 Å². The number of hydrogen-bond acceptors (Lipinski definition) is 4. The van der Waals surface area contributed by atoms with Crippen molar-refractivity contribution < 1.29 is 4.74 Å². The summed E-state index contributed by atoms with van der Waals surface area (Å²) in [6.45, 7) is 6.51. The van der Waals surface area contributed by atoms with Crippen LogP contribution in [0.25, 0.3) is 5.70 Å². The van der Waals surface area contributed by atoms with Gasteiger partial charge in [0.1, 0.15) is 5.75 Å². The summed E-state index contributed by atoms with van der Waals surface area (Å²) in [5, 5.41) is 8.54. The predicted molar refractivity (Wildman–Crippen MR) is 126 cm³/mol. The molecule has 2 aliphatic rings. The minimum atomic E-state index is 0.375. The topological polar surface area (TPSA) is 37.2 Å². The summed E-state index contributed by atoms with van der Waals surface area (Å²) in [6.07, 6.45) is 13.9. The van der Waals surface area contributed by atoms with Gasteiger partial charge in [-0.05, 0) is 88.1 Å². The van der Waals surface area contributed by atoms with Gasteiger partial charge in [-0.15, -0.1) is 0 Å². The van der Waals surface area contributed by atoms with E-state index in [4.69, 9.17) is 4.74 Å². The highest BCUT2D eigenvalue weighted by Gasteiger charge is 2.20. The Morgan fingerprint density at radius 3 is 2.27 bits per heavy atom. The van der Waals surface area contributed by atoms with E-state index in [-0.39, 0.29) is 0 Å². The molecule has 0 heterocycles. The van der Waals surface area contributed by atoms with Crippen LogP contribution in [0.1, 0.15) is 83.1 Å². The van der Waals surface area contributed by atoms with Gasteiger partial charge in [0.05, 0.1) is 11.8 Å². The summed E-state index contributed by atoms with van der Waals surface area (Å²) >= 11 is 0. The first-order valence-corrected chi connectivity index (χ1v) is 11.8. The number of rotatable bonds is 9. The van der Waals surface area contributed by atoms with E-state index in [0.717, 1.165) is 29.9 Å². The van der Waals surface area contributed by atoms with Crippen LogP contribution in [-0.4, -0.2) is 31.1 Å². The molecular formula is C26H39N3O. The Hall–Kier alpha value is -2.10. The highest BCUT2D eigenvalue weighted by Crippen LogP contribution is 2.30. The van der Waals surface area contributed by atoms with Crippen LogP contribution in [0.5, 0.6) is 5.75 Å². The molecular weight excluding hydrogens is 370 g/mol. The lowest BCUT2D eigenvalue weighted by molar-refractivity contribution is 0.155. The number of nitrogens with zero attached hydrogens (tertiary/aromatic N) is 3. The molecule has 0 aliphatic heterocycles. The van der Waals surface area contributed by atoms with Gasteiger partial charge in [-0.25, -0.2) is 0 Å². The predicted octanol–water partition coefficient (Wildman–Crippen LogP) is 7.38. The van der Waals surface area contributed by atoms with Gasteiger partial charge in [-0.2, -0.15) is 10.2 Å². The molecule has 1 aromatic rings. The van der Waals surface area contributed by atoms with Crippen molar-refractivity contribution in [3.8, 4) is 5.75 Å². The Kier molecular flexibility index (Phi) is 8.53. The first kappa shape index (κ1) is 22.6. The van der Waals surface area contributed by atoms with E-state index < -0.39 is 0 Å². The van der Waals surface area contributed by atoms with Crippen molar-refractivity contribution in [3.63, 3.8) is 0 Å². The first-order chi connectivity index (χ1) is 14.6.